The van der Waals surface area contributed by atoms with Crippen molar-refractivity contribution < 1.29 is 4.79 Å². The van der Waals surface area contributed by atoms with Crippen LogP contribution in [-0.4, -0.2) is 20.9 Å². The van der Waals surface area contributed by atoms with Crippen LogP contribution in [0.3, 0.4) is 0 Å². The molecule has 21 heavy (non-hydrogen) atoms. The van der Waals surface area contributed by atoms with E-state index < -0.39 is 0 Å². The number of imidazole rings is 1. The third kappa shape index (κ3) is 2.62. The van der Waals surface area contributed by atoms with Crippen LogP contribution in [0.25, 0.3) is 10.9 Å². The van der Waals surface area contributed by atoms with Crippen molar-refractivity contribution in [1.82, 2.24) is 15.0 Å². The third-order valence-electron chi connectivity index (χ3n) is 3.31. The maximum absolute atomic E-state index is 11.9. The van der Waals surface area contributed by atoms with Crippen LogP contribution in [0.5, 0.6) is 0 Å². The van der Waals surface area contributed by atoms with Gasteiger partial charge in [-0.2, -0.15) is 5.26 Å². The number of aryl methyl sites for hydroxylation is 1. The second kappa shape index (κ2) is 5.51. The third-order valence-corrected chi connectivity index (χ3v) is 3.31. The van der Waals surface area contributed by atoms with Crippen molar-refractivity contribution in [3.63, 3.8) is 0 Å². The van der Waals surface area contributed by atoms with E-state index in [-0.39, 0.29) is 17.4 Å². The number of aromatic nitrogens is 3. The average molecular weight is 279 g/mol. The topological polar surface area (TPSA) is 97.4 Å². The molecule has 0 saturated carbocycles. The Balaban J connectivity index is 1.65. The van der Waals surface area contributed by atoms with E-state index in [2.05, 4.69) is 20.3 Å². The van der Waals surface area contributed by atoms with Crippen LogP contribution in [0, 0.1) is 11.3 Å². The van der Waals surface area contributed by atoms with Crippen LogP contribution in [0.2, 0.25) is 0 Å². The molecule has 3 rings (SSSR count). The number of carbonyl (C=O) groups excluding carboxylic acids is 1. The number of hydrogen-bond donors (Lipinski definition) is 3. The molecule has 0 saturated heterocycles. The predicted molar refractivity (Wildman–Crippen MR) is 78.6 cm³/mol. The highest BCUT2D eigenvalue weighted by molar-refractivity contribution is 5.91. The van der Waals surface area contributed by atoms with Gasteiger partial charge in [0.2, 0.25) is 5.91 Å². The van der Waals surface area contributed by atoms with Crippen molar-refractivity contribution in [3.8, 4) is 6.07 Å². The molecule has 0 spiro atoms. The van der Waals surface area contributed by atoms with E-state index >= 15 is 0 Å². The fraction of sp³-hybridized carbons (Fsp3) is 0.133. The van der Waals surface area contributed by atoms with Gasteiger partial charge in [-0.15, -0.1) is 0 Å². The molecule has 3 N–H and O–H groups in total. The molecule has 3 aromatic rings. The molecule has 0 aliphatic rings. The smallest absolute Gasteiger partial charge is 0.225 e. The summed E-state index contributed by atoms with van der Waals surface area (Å²) in [6, 6.07) is 9.91. The predicted octanol–water partition coefficient (Wildman–Crippen LogP) is 2.33. The van der Waals surface area contributed by atoms with Crippen LogP contribution in [0.1, 0.15) is 17.7 Å². The lowest BCUT2D eigenvalue weighted by molar-refractivity contribution is -0.116. The second-order valence-corrected chi connectivity index (χ2v) is 4.65. The molecule has 1 amide bonds. The summed E-state index contributed by atoms with van der Waals surface area (Å²) in [5.41, 5.74) is 2.42. The van der Waals surface area contributed by atoms with E-state index in [1.165, 1.54) is 6.33 Å². The Morgan fingerprint density at radius 3 is 3.05 bits per heavy atom. The second-order valence-electron chi connectivity index (χ2n) is 4.65. The molecule has 0 radical (unpaired) electrons. The van der Waals surface area contributed by atoms with Gasteiger partial charge in [-0.05, 0) is 18.1 Å². The van der Waals surface area contributed by atoms with Crippen molar-refractivity contribution in [2.24, 2.45) is 0 Å². The summed E-state index contributed by atoms with van der Waals surface area (Å²) in [6.07, 6.45) is 4.27. The molecular weight excluding hydrogens is 266 g/mol. The fourth-order valence-electron chi connectivity index (χ4n) is 2.26. The monoisotopic (exact) mass is 279 g/mol. The first-order chi connectivity index (χ1) is 10.3. The molecule has 2 aromatic heterocycles. The summed E-state index contributed by atoms with van der Waals surface area (Å²) in [7, 11) is 0. The average Bonchev–Trinajstić information content (AvgIpc) is 3.11. The molecule has 0 aliphatic carbocycles. The normalized spacial score (nSPS) is 10.4. The van der Waals surface area contributed by atoms with E-state index in [1.54, 1.807) is 0 Å². The first kappa shape index (κ1) is 12.9. The van der Waals surface area contributed by atoms with Gasteiger partial charge in [0.15, 0.2) is 11.5 Å². The van der Waals surface area contributed by atoms with Gasteiger partial charge in [0, 0.05) is 23.5 Å². The Bertz CT molecular complexity index is 824. The number of rotatable bonds is 4. The minimum atomic E-state index is -0.163. The first-order valence-corrected chi connectivity index (χ1v) is 6.56. The molecule has 0 atom stereocenters. The Labute approximate surface area is 120 Å². The summed E-state index contributed by atoms with van der Waals surface area (Å²) < 4.78 is 0. The standard InChI is InChI=1S/C15H13N5O/c16-7-13-15(19-9-18-13)20-14(21)6-5-10-8-17-12-4-2-1-3-11(10)12/h1-4,8-9,17H,5-6H2,(H,18,19)(H,20,21). The van der Waals surface area contributed by atoms with Crippen LogP contribution in [-0.2, 0) is 11.2 Å². The van der Waals surface area contributed by atoms with Crippen LogP contribution in [0.4, 0.5) is 5.82 Å². The Kier molecular flexibility index (Phi) is 3.39. The minimum Gasteiger partial charge on any atom is -0.361 e. The molecular formula is C15H13N5O. The Morgan fingerprint density at radius 1 is 1.33 bits per heavy atom. The summed E-state index contributed by atoms with van der Waals surface area (Å²) in [6.45, 7) is 0. The lowest BCUT2D eigenvalue weighted by Crippen LogP contribution is -2.13. The van der Waals surface area contributed by atoms with E-state index in [1.807, 2.05) is 36.5 Å². The van der Waals surface area contributed by atoms with Crippen molar-refractivity contribution in [1.29, 1.82) is 5.26 Å². The van der Waals surface area contributed by atoms with E-state index in [0.717, 1.165) is 16.5 Å². The van der Waals surface area contributed by atoms with Gasteiger partial charge in [-0.3, -0.25) is 4.79 Å². The summed E-state index contributed by atoms with van der Waals surface area (Å²) in [5.74, 6) is 0.116. The van der Waals surface area contributed by atoms with E-state index in [0.29, 0.717) is 12.8 Å². The number of nitrogens with one attached hydrogen (secondary N) is 3. The van der Waals surface area contributed by atoms with Crippen LogP contribution in [0.15, 0.2) is 36.8 Å². The largest absolute Gasteiger partial charge is 0.361 e. The maximum atomic E-state index is 11.9. The van der Waals surface area contributed by atoms with Gasteiger partial charge in [0.1, 0.15) is 6.07 Å². The lowest BCUT2D eigenvalue weighted by Gasteiger charge is -2.02. The van der Waals surface area contributed by atoms with Gasteiger partial charge in [-0.1, -0.05) is 18.2 Å². The minimum absolute atomic E-state index is 0.163. The zero-order valence-electron chi connectivity index (χ0n) is 11.2. The molecule has 0 aliphatic heterocycles. The molecule has 0 unspecified atom stereocenters. The quantitative estimate of drug-likeness (QED) is 0.683. The zero-order valence-corrected chi connectivity index (χ0v) is 11.2. The lowest BCUT2D eigenvalue weighted by atomic mass is 10.1. The number of anilines is 1. The van der Waals surface area contributed by atoms with Crippen molar-refractivity contribution in [2.75, 3.05) is 5.32 Å². The van der Waals surface area contributed by atoms with E-state index in [9.17, 15) is 4.79 Å². The van der Waals surface area contributed by atoms with Gasteiger partial charge in [0.25, 0.3) is 0 Å². The number of hydrogen-bond acceptors (Lipinski definition) is 3. The summed E-state index contributed by atoms with van der Waals surface area (Å²) in [4.78, 5) is 21.7. The zero-order chi connectivity index (χ0) is 14.7. The number of H-pyrrole nitrogens is 2. The number of para-hydroxylation sites is 1. The number of nitrogens with zero attached hydrogens (tertiary/aromatic N) is 2. The van der Waals surface area contributed by atoms with E-state index in [4.69, 9.17) is 5.26 Å². The first-order valence-electron chi connectivity index (χ1n) is 6.56. The molecule has 0 bridgehead atoms. The SMILES string of the molecule is N#Cc1[nH]cnc1NC(=O)CCc1c[nH]c2ccccc12. The van der Waals surface area contributed by atoms with Crippen molar-refractivity contribution >= 4 is 22.6 Å². The highest BCUT2D eigenvalue weighted by Crippen LogP contribution is 2.19. The molecule has 1 aromatic carbocycles. The number of benzene rings is 1. The maximum Gasteiger partial charge on any atom is 0.225 e. The molecule has 0 fully saturated rings. The summed E-state index contributed by atoms with van der Waals surface area (Å²) >= 11 is 0. The Hall–Kier alpha value is -3.07. The summed E-state index contributed by atoms with van der Waals surface area (Å²) in [5, 5.41) is 12.6. The molecule has 104 valence electrons. The number of aromatic amines is 2. The van der Waals surface area contributed by atoms with Crippen molar-refractivity contribution in [3.05, 3.63) is 48.0 Å². The van der Waals surface area contributed by atoms with Gasteiger partial charge >= 0.3 is 0 Å². The van der Waals surface area contributed by atoms with Gasteiger partial charge < -0.3 is 15.3 Å². The van der Waals surface area contributed by atoms with Gasteiger partial charge in [-0.25, -0.2) is 4.98 Å². The van der Waals surface area contributed by atoms with Crippen LogP contribution >= 0.6 is 0 Å². The fourth-order valence-corrected chi connectivity index (χ4v) is 2.26. The number of fused-ring (bicyclic) bond motifs is 1. The Morgan fingerprint density at radius 2 is 2.19 bits per heavy atom. The van der Waals surface area contributed by atoms with Gasteiger partial charge in [0.05, 0.1) is 6.33 Å². The molecule has 6 nitrogen and oxygen atoms in total. The van der Waals surface area contributed by atoms with Crippen LogP contribution < -0.4 is 5.32 Å². The number of nitriles is 1. The number of amides is 1. The number of carbonyl (C=O) groups is 1. The molecule has 6 heteroatoms. The highest BCUT2D eigenvalue weighted by Gasteiger charge is 2.10. The highest BCUT2D eigenvalue weighted by atomic mass is 16.1. The van der Waals surface area contributed by atoms with Crippen molar-refractivity contribution in [2.45, 2.75) is 12.8 Å². The molecule has 2 heterocycles.